The molecule has 14 heavy (non-hydrogen) atoms. The maximum atomic E-state index is 10.8. The fourth-order valence-corrected chi connectivity index (χ4v) is 2.71. The van der Waals surface area contributed by atoms with Gasteiger partial charge in [0.2, 0.25) is 0 Å². The van der Waals surface area contributed by atoms with Gasteiger partial charge in [-0.3, -0.25) is 4.79 Å². The van der Waals surface area contributed by atoms with E-state index in [4.69, 9.17) is 10.8 Å². The Labute approximate surface area is 95.1 Å². The SMILES string of the molecule is CC(C)(c1cc(Br)cs1)C(N)C(=O)O. The lowest BCUT2D eigenvalue weighted by Crippen LogP contribution is -2.46. The van der Waals surface area contributed by atoms with E-state index in [2.05, 4.69) is 15.9 Å². The van der Waals surface area contributed by atoms with Crippen LogP contribution in [0.25, 0.3) is 0 Å². The summed E-state index contributed by atoms with van der Waals surface area (Å²) in [4.78, 5) is 11.8. The summed E-state index contributed by atoms with van der Waals surface area (Å²) in [7, 11) is 0. The van der Waals surface area contributed by atoms with E-state index >= 15 is 0 Å². The maximum Gasteiger partial charge on any atom is 0.321 e. The molecule has 0 aromatic carbocycles. The molecular weight excluding hydrogens is 266 g/mol. The molecule has 1 heterocycles. The number of hydrogen-bond donors (Lipinski definition) is 2. The molecule has 0 fully saturated rings. The lowest BCUT2D eigenvalue weighted by atomic mass is 9.83. The Kier molecular flexibility index (Phi) is 3.34. The highest BCUT2D eigenvalue weighted by molar-refractivity contribution is 9.10. The predicted molar refractivity (Wildman–Crippen MR) is 60.7 cm³/mol. The van der Waals surface area contributed by atoms with Gasteiger partial charge in [-0.15, -0.1) is 11.3 Å². The number of rotatable bonds is 3. The first-order valence-corrected chi connectivity index (χ1v) is 5.76. The van der Waals surface area contributed by atoms with Crippen LogP contribution in [0.1, 0.15) is 18.7 Å². The van der Waals surface area contributed by atoms with Gasteiger partial charge in [-0.25, -0.2) is 0 Å². The summed E-state index contributed by atoms with van der Waals surface area (Å²) in [5, 5.41) is 10.8. The predicted octanol–water partition coefficient (Wildman–Crippen LogP) is 2.20. The Morgan fingerprint density at radius 1 is 1.71 bits per heavy atom. The van der Waals surface area contributed by atoms with Crippen molar-refractivity contribution in [3.63, 3.8) is 0 Å². The highest BCUT2D eigenvalue weighted by Gasteiger charge is 2.34. The summed E-state index contributed by atoms with van der Waals surface area (Å²) in [6.45, 7) is 3.67. The third-order valence-electron chi connectivity index (χ3n) is 2.25. The standard InChI is InChI=1S/C9H12BrNO2S/c1-9(2,7(11)8(12)13)6-3-5(10)4-14-6/h3-4,7H,11H2,1-2H3,(H,12,13). The fourth-order valence-electron chi connectivity index (χ4n) is 1.11. The molecule has 0 amide bonds. The van der Waals surface area contributed by atoms with Crippen LogP contribution in [0.2, 0.25) is 0 Å². The van der Waals surface area contributed by atoms with Gasteiger partial charge in [-0.2, -0.15) is 0 Å². The zero-order valence-corrected chi connectivity index (χ0v) is 10.4. The number of thiophene rings is 1. The zero-order chi connectivity index (χ0) is 10.9. The highest BCUT2D eigenvalue weighted by Crippen LogP contribution is 2.33. The Bertz CT molecular complexity index is 348. The van der Waals surface area contributed by atoms with Crippen molar-refractivity contribution in [3.05, 3.63) is 20.8 Å². The number of halogens is 1. The first-order chi connectivity index (χ1) is 6.35. The van der Waals surface area contributed by atoms with Crippen molar-refractivity contribution in [2.45, 2.75) is 25.3 Å². The molecule has 0 bridgehead atoms. The van der Waals surface area contributed by atoms with Crippen LogP contribution in [-0.4, -0.2) is 17.1 Å². The minimum absolute atomic E-state index is 0.539. The topological polar surface area (TPSA) is 63.3 Å². The lowest BCUT2D eigenvalue weighted by molar-refractivity contribution is -0.140. The Morgan fingerprint density at radius 2 is 2.29 bits per heavy atom. The van der Waals surface area contributed by atoms with E-state index in [1.165, 1.54) is 11.3 Å². The molecule has 5 heteroatoms. The van der Waals surface area contributed by atoms with Crippen LogP contribution in [0.15, 0.2) is 15.9 Å². The van der Waals surface area contributed by atoms with Crippen LogP contribution in [0.5, 0.6) is 0 Å². The van der Waals surface area contributed by atoms with Crippen molar-refractivity contribution < 1.29 is 9.90 Å². The molecule has 1 atom stereocenters. The molecule has 0 saturated carbocycles. The van der Waals surface area contributed by atoms with E-state index in [-0.39, 0.29) is 0 Å². The minimum atomic E-state index is -0.973. The zero-order valence-electron chi connectivity index (χ0n) is 7.95. The summed E-state index contributed by atoms with van der Waals surface area (Å²) in [5.41, 5.74) is 5.09. The number of carboxylic acids is 1. The summed E-state index contributed by atoms with van der Waals surface area (Å²) >= 11 is 4.84. The second kappa shape index (κ2) is 4.00. The lowest BCUT2D eigenvalue weighted by Gasteiger charge is -2.27. The Hall–Kier alpha value is -0.390. The quantitative estimate of drug-likeness (QED) is 0.891. The first kappa shape index (κ1) is 11.7. The third-order valence-corrected chi connectivity index (χ3v) is 4.28. The monoisotopic (exact) mass is 277 g/mol. The molecule has 3 nitrogen and oxygen atoms in total. The molecule has 0 aliphatic heterocycles. The van der Waals surface area contributed by atoms with Crippen molar-refractivity contribution in [2.24, 2.45) is 5.73 Å². The van der Waals surface area contributed by atoms with Crippen molar-refractivity contribution in [2.75, 3.05) is 0 Å². The fraction of sp³-hybridized carbons (Fsp3) is 0.444. The second-order valence-corrected chi connectivity index (χ2v) is 5.49. The molecule has 1 rings (SSSR count). The van der Waals surface area contributed by atoms with Gasteiger partial charge in [0.05, 0.1) is 0 Å². The van der Waals surface area contributed by atoms with Crippen LogP contribution in [-0.2, 0) is 10.2 Å². The molecule has 1 aromatic rings. The molecule has 0 saturated heterocycles. The van der Waals surface area contributed by atoms with Crippen molar-refractivity contribution >= 4 is 33.2 Å². The molecule has 1 aromatic heterocycles. The van der Waals surface area contributed by atoms with Crippen molar-refractivity contribution in [1.29, 1.82) is 0 Å². The number of carbonyl (C=O) groups is 1. The summed E-state index contributed by atoms with van der Waals surface area (Å²) < 4.78 is 0.961. The molecule has 0 radical (unpaired) electrons. The van der Waals surface area contributed by atoms with Gasteiger partial charge < -0.3 is 10.8 Å². The first-order valence-electron chi connectivity index (χ1n) is 4.08. The van der Waals surface area contributed by atoms with E-state index in [9.17, 15) is 4.79 Å². The molecule has 78 valence electrons. The molecule has 0 spiro atoms. The van der Waals surface area contributed by atoms with Gasteiger partial charge >= 0.3 is 5.97 Å². The van der Waals surface area contributed by atoms with Gasteiger partial charge in [0.15, 0.2) is 0 Å². The van der Waals surface area contributed by atoms with Gasteiger partial charge in [-0.05, 0) is 22.0 Å². The number of carboxylic acid groups (broad SMARTS) is 1. The summed E-state index contributed by atoms with van der Waals surface area (Å²) in [5.74, 6) is -0.973. The van der Waals surface area contributed by atoms with Crippen molar-refractivity contribution in [1.82, 2.24) is 0 Å². The molecule has 0 aliphatic carbocycles. The second-order valence-electron chi connectivity index (χ2n) is 3.67. The molecule has 0 aliphatic rings. The minimum Gasteiger partial charge on any atom is -0.480 e. The van der Waals surface area contributed by atoms with E-state index in [0.717, 1.165) is 9.35 Å². The van der Waals surface area contributed by atoms with E-state index in [0.29, 0.717) is 0 Å². The summed E-state index contributed by atoms with van der Waals surface area (Å²) in [6.07, 6.45) is 0. The van der Waals surface area contributed by atoms with Crippen LogP contribution < -0.4 is 5.73 Å². The number of aliphatic carboxylic acids is 1. The molecular formula is C9H12BrNO2S. The smallest absolute Gasteiger partial charge is 0.321 e. The number of hydrogen-bond acceptors (Lipinski definition) is 3. The van der Waals surface area contributed by atoms with Crippen LogP contribution in [0, 0.1) is 0 Å². The third kappa shape index (κ3) is 2.16. The largest absolute Gasteiger partial charge is 0.480 e. The summed E-state index contributed by atoms with van der Waals surface area (Å²) in [6, 6.07) is 1.03. The normalized spacial score (nSPS) is 14.0. The van der Waals surface area contributed by atoms with Gasteiger partial charge in [0, 0.05) is 20.1 Å². The van der Waals surface area contributed by atoms with Crippen LogP contribution in [0.4, 0.5) is 0 Å². The maximum absolute atomic E-state index is 10.8. The van der Waals surface area contributed by atoms with E-state index in [1.807, 2.05) is 25.3 Å². The average molecular weight is 278 g/mol. The van der Waals surface area contributed by atoms with Crippen LogP contribution in [0.3, 0.4) is 0 Å². The molecule has 1 unspecified atom stereocenters. The van der Waals surface area contributed by atoms with Crippen molar-refractivity contribution in [3.8, 4) is 0 Å². The van der Waals surface area contributed by atoms with Crippen LogP contribution >= 0.6 is 27.3 Å². The number of nitrogens with two attached hydrogens (primary N) is 1. The van der Waals surface area contributed by atoms with E-state index < -0.39 is 17.4 Å². The Morgan fingerprint density at radius 3 is 2.64 bits per heavy atom. The van der Waals surface area contributed by atoms with Gasteiger partial charge in [0.25, 0.3) is 0 Å². The average Bonchev–Trinajstić information content (AvgIpc) is 2.50. The van der Waals surface area contributed by atoms with Gasteiger partial charge in [-0.1, -0.05) is 13.8 Å². The van der Waals surface area contributed by atoms with Gasteiger partial charge in [0.1, 0.15) is 6.04 Å². The molecule has 3 N–H and O–H groups in total. The highest BCUT2D eigenvalue weighted by atomic mass is 79.9. The Balaban J connectivity index is 3.01. The van der Waals surface area contributed by atoms with E-state index in [1.54, 1.807) is 0 Å².